The van der Waals surface area contributed by atoms with Crippen molar-refractivity contribution in [2.24, 2.45) is 5.92 Å². The summed E-state index contributed by atoms with van der Waals surface area (Å²) in [5.41, 5.74) is 2.37. The Morgan fingerprint density at radius 1 is 1.40 bits per heavy atom. The van der Waals surface area contributed by atoms with Crippen LogP contribution in [0.15, 0.2) is 24.3 Å². The van der Waals surface area contributed by atoms with Gasteiger partial charge in [0, 0.05) is 7.11 Å². The number of carbonyl (C=O) groups excluding carboxylic acids is 1. The number of nitrogens with one attached hydrogen (secondary N) is 1. The summed E-state index contributed by atoms with van der Waals surface area (Å²) < 4.78 is 5.32. The standard InChI is InChI=1S/C16H24N2O2/c1-11(2)14(10-20-4)18-15(19)9-17-16(18)13-8-6-5-7-12(13)3/h5-8,11,14,16-17H,9-10H2,1-4H3. The Morgan fingerprint density at radius 2 is 2.10 bits per heavy atom. The van der Waals surface area contributed by atoms with Crippen molar-refractivity contribution in [3.05, 3.63) is 35.4 Å². The number of benzene rings is 1. The van der Waals surface area contributed by atoms with Crippen LogP contribution in [0.4, 0.5) is 0 Å². The van der Waals surface area contributed by atoms with Crippen LogP contribution in [0.1, 0.15) is 31.1 Å². The molecule has 4 heteroatoms. The van der Waals surface area contributed by atoms with Gasteiger partial charge in [0.05, 0.1) is 19.2 Å². The van der Waals surface area contributed by atoms with Crippen LogP contribution in [-0.4, -0.2) is 37.1 Å². The highest BCUT2D eigenvalue weighted by atomic mass is 16.5. The molecule has 0 radical (unpaired) electrons. The summed E-state index contributed by atoms with van der Waals surface area (Å²) in [6, 6.07) is 8.30. The van der Waals surface area contributed by atoms with E-state index in [1.165, 1.54) is 11.1 Å². The van der Waals surface area contributed by atoms with Crippen LogP contribution in [-0.2, 0) is 9.53 Å². The van der Waals surface area contributed by atoms with E-state index in [4.69, 9.17) is 4.74 Å². The molecule has 1 amide bonds. The minimum absolute atomic E-state index is 0.0498. The molecule has 0 aliphatic carbocycles. The number of ether oxygens (including phenoxy) is 1. The molecule has 0 saturated carbocycles. The monoisotopic (exact) mass is 276 g/mol. The van der Waals surface area contributed by atoms with Gasteiger partial charge in [-0.1, -0.05) is 38.1 Å². The highest BCUT2D eigenvalue weighted by molar-refractivity contribution is 5.81. The van der Waals surface area contributed by atoms with Crippen LogP contribution in [0.3, 0.4) is 0 Å². The largest absolute Gasteiger partial charge is 0.383 e. The molecule has 0 aromatic heterocycles. The lowest BCUT2D eigenvalue weighted by Crippen LogP contribution is -2.45. The fourth-order valence-electron chi connectivity index (χ4n) is 2.81. The van der Waals surface area contributed by atoms with Gasteiger partial charge < -0.3 is 9.64 Å². The smallest absolute Gasteiger partial charge is 0.238 e. The molecular formula is C16H24N2O2. The molecule has 1 heterocycles. The number of aryl methyl sites for hydroxylation is 1. The fraction of sp³-hybridized carbons (Fsp3) is 0.562. The molecule has 20 heavy (non-hydrogen) atoms. The first-order chi connectivity index (χ1) is 9.56. The first-order valence-corrected chi connectivity index (χ1v) is 7.15. The van der Waals surface area contributed by atoms with Gasteiger partial charge >= 0.3 is 0 Å². The number of amides is 1. The van der Waals surface area contributed by atoms with Gasteiger partial charge in [0.25, 0.3) is 0 Å². The molecular weight excluding hydrogens is 252 g/mol. The van der Waals surface area contributed by atoms with E-state index in [1.807, 2.05) is 17.0 Å². The average Bonchev–Trinajstić information content (AvgIpc) is 2.78. The van der Waals surface area contributed by atoms with E-state index in [1.54, 1.807) is 7.11 Å². The second-order valence-electron chi connectivity index (χ2n) is 5.71. The van der Waals surface area contributed by atoms with E-state index in [9.17, 15) is 4.79 Å². The molecule has 1 aromatic rings. The first-order valence-electron chi connectivity index (χ1n) is 7.15. The van der Waals surface area contributed by atoms with Gasteiger partial charge in [-0.15, -0.1) is 0 Å². The van der Waals surface area contributed by atoms with Gasteiger partial charge in [-0.3, -0.25) is 10.1 Å². The van der Waals surface area contributed by atoms with Crippen molar-refractivity contribution in [1.82, 2.24) is 10.2 Å². The quantitative estimate of drug-likeness (QED) is 0.895. The fourth-order valence-corrected chi connectivity index (χ4v) is 2.81. The molecule has 2 unspecified atom stereocenters. The van der Waals surface area contributed by atoms with Crippen molar-refractivity contribution >= 4 is 5.91 Å². The van der Waals surface area contributed by atoms with Gasteiger partial charge in [0.1, 0.15) is 6.17 Å². The van der Waals surface area contributed by atoms with E-state index < -0.39 is 0 Å². The number of methoxy groups -OCH3 is 1. The number of hydrogen-bond acceptors (Lipinski definition) is 3. The third-order valence-electron chi connectivity index (χ3n) is 3.96. The van der Waals surface area contributed by atoms with E-state index in [0.29, 0.717) is 19.1 Å². The highest BCUT2D eigenvalue weighted by Crippen LogP contribution is 2.29. The normalized spacial score (nSPS) is 20.8. The second kappa shape index (κ2) is 6.37. The van der Waals surface area contributed by atoms with Crippen LogP contribution < -0.4 is 5.32 Å². The third kappa shape index (κ3) is 2.86. The zero-order valence-corrected chi connectivity index (χ0v) is 12.7. The van der Waals surface area contributed by atoms with Crippen LogP contribution in [0, 0.1) is 12.8 Å². The Labute approximate surface area is 121 Å². The zero-order chi connectivity index (χ0) is 14.7. The first kappa shape index (κ1) is 15.0. The minimum Gasteiger partial charge on any atom is -0.383 e. The van der Waals surface area contributed by atoms with Crippen molar-refractivity contribution in [3.8, 4) is 0 Å². The lowest BCUT2D eigenvalue weighted by molar-refractivity contribution is -0.132. The maximum absolute atomic E-state index is 12.3. The molecule has 1 fully saturated rings. The lowest BCUT2D eigenvalue weighted by atomic mass is 10.00. The molecule has 110 valence electrons. The SMILES string of the molecule is COCC(C(C)C)N1C(=O)CNC1c1ccccc1C. The Bertz CT molecular complexity index is 473. The summed E-state index contributed by atoms with van der Waals surface area (Å²) in [4.78, 5) is 14.3. The topological polar surface area (TPSA) is 41.6 Å². The Kier molecular flexibility index (Phi) is 4.78. The maximum atomic E-state index is 12.3. The van der Waals surface area contributed by atoms with E-state index in [2.05, 4.69) is 38.2 Å². The highest BCUT2D eigenvalue weighted by Gasteiger charge is 2.38. The van der Waals surface area contributed by atoms with Crippen LogP contribution in [0.25, 0.3) is 0 Å². The summed E-state index contributed by atoms with van der Waals surface area (Å²) in [6.45, 7) is 7.30. The molecule has 1 aromatic carbocycles. The Hall–Kier alpha value is -1.39. The predicted molar refractivity (Wildman–Crippen MR) is 79.3 cm³/mol. The molecule has 2 atom stereocenters. The number of rotatable bonds is 5. The zero-order valence-electron chi connectivity index (χ0n) is 12.7. The molecule has 2 rings (SSSR count). The third-order valence-corrected chi connectivity index (χ3v) is 3.96. The molecule has 0 spiro atoms. The summed E-state index contributed by atoms with van der Waals surface area (Å²) in [5, 5.41) is 3.33. The van der Waals surface area contributed by atoms with Crippen molar-refractivity contribution in [2.45, 2.75) is 33.0 Å². The molecule has 1 saturated heterocycles. The van der Waals surface area contributed by atoms with E-state index >= 15 is 0 Å². The summed E-state index contributed by atoms with van der Waals surface area (Å²) in [5.74, 6) is 0.499. The lowest BCUT2D eigenvalue weighted by Gasteiger charge is -2.35. The second-order valence-corrected chi connectivity index (χ2v) is 5.71. The number of carbonyl (C=O) groups is 1. The van der Waals surface area contributed by atoms with Crippen molar-refractivity contribution < 1.29 is 9.53 Å². The molecule has 1 aliphatic heterocycles. The van der Waals surface area contributed by atoms with Gasteiger partial charge in [-0.25, -0.2) is 0 Å². The summed E-state index contributed by atoms with van der Waals surface area (Å²) in [6.07, 6.45) is -0.0498. The van der Waals surface area contributed by atoms with Crippen LogP contribution in [0.2, 0.25) is 0 Å². The maximum Gasteiger partial charge on any atom is 0.238 e. The number of nitrogens with zero attached hydrogens (tertiary/aromatic N) is 1. The number of hydrogen-bond donors (Lipinski definition) is 1. The van der Waals surface area contributed by atoms with E-state index in [-0.39, 0.29) is 18.1 Å². The van der Waals surface area contributed by atoms with Gasteiger partial charge in [0.2, 0.25) is 5.91 Å². The molecule has 1 aliphatic rings. The molecule has 0 bridgehead atoms. The van der Waals surface area contributed by atoms with E-state index in [0.717, 1.165) is 0 Å². The van der Waals surface area contributed by atoms with Crippen molar-refractivity contribution in [2.75, 3.05) is 20.3 Å². The van der Waals surface area contributed by atoms with Gasteiger partial charge in [0.15, 0.2) is 0 Å². The van der Waals surface area contributed by atoms with Gasteiger partial charge in [-0.2, -0.15) is 0 Å². The predicted octanol–water partition coefficient (Wildman–Crippen LogP) is 2.10. The van der Waals surface area contributed by atoms with Crippen LogP contribution in [0.5, 0.6) is 0 Å². The van der Waals surface area contributed by atoms with Crippen molar-refractivity contribution in [3.63, 3.8) is 0 Å². The van der Waals surface area contributed by atoms with Gasteiger partial charge in [-0.05, 0) is 24.0 Å². The Balaban J connectivity index is 2.33. The average molecular weight is 276 g/mol. The minimum atomic E-state index is -0.0498. The van der Waals surface area contributed by atoms with Crippen LogP contribution >= 0.6 is 0 Å². The van der Waals surface area contributed by atoms with Crippen molar-refractivity contribution in [1.29, 1.82) is 0 Å². The summed E-state index contributed by atoms with van der Waals surface area (Å²) >= 11 is 0. The molecule has 1 N–H and O–H groups in total. The Morgan fingerprint density at radius 3 is 2.70 bits per heavy atom. The summed E-state index contributed by atoms with van der Waals surface area (Å²) in [7, 11) is 1.69. The molecule has 4 nitrogen and oxygen atoms in total.